The number of piperazine rings is 1. The molecule has 1 atom stereocenters. The van der Waals surface area contributed by atoms with Crippen molar-refractivity contribution in [3.05, 3.63) is 70.8 Å². The maximum absolute atomic E-state index is 13.3. The lowest BCUT2D eigenvalue weighted by Crippen LogP contribution is -2.53. The minimum Gasteiger partial charge on any atom is -0.354 e. The third kappa shape index (κ3) is 7.28. The fourth-order valence-corrected chi connectivity index (χ4v) is 5.56. The summed E-state index contributed by atoms with van der Waals surface area (Å²) >= 11 is 0. The Hall–Kier alpha value is -2.59. The summed E-state index contributed by atoms with van der Waals surface area (Å²) in [5, 5.41) is 2.76. The van der Waals surface area contributed by atoms with Gasteiger partial charge in [-0.05, 0) is 48.6 Å². The molecule has 2 aromatic carbocycles. The minimum atomic E-state index is -4.91. The number of nitrogens with one attached hydrogen (secondary N) is 1. The molecule has 1 aliphatic heterocycles. The van der Waals surface area contributed by atoms with Crippen LogP contribution in [0.4, 0.5) is 26.3 Å². The van der Waals surface area contributed by atoms with Crippen molar-refractivity contribution >= 4 is 5.91 Å². The van der Waals surface area contributed by atoms with Crippen LogP contribution in [-0.2, 0) is 23.6 Å². The summed E-state index contributed by atoms with van der Waals surface area (Å²) in [5.74, 6) is -0.315. The number of alkyl halides is 6. The Bertz CT molecular complexity index is 1030. The number of amides is 1. The molecule has 4 nitrogen and oxygen atoms in total. The van der Waals surface area contributed by atoms with Crippen LogP contribution in [0.5, 0.6) is 0 Å². The van der Waals surface area contributed by atoms with E-state index in [2.05, 4.69) is 15.1 Å². The molecule has 2 fully saturated rings. The molecule has 0 aromatic heterocycles. The van der Waals surface area contributed by atoms with Crippen LogP contribution in [0.25, 0.3) is 0 Å². The average molecular weight is 542 g/mol. The second-order valence-corrected chi connectivity index (χ2v) is 10.1. The van der Waals surface area contributed by atoms with Crippen molar-refractivity contribution in [3.63, 3.8) is 0 Å². The van der Waals surface area contributed by atoms with E-state index in [1.807, 2.05) is 30.3 Å². The predicted octanol–water partition coefficient (Wildman–Crippen LogP) is 6.07. The number of rotatable bonds is 7. The normalized spacial score (nSPS) is 19.3. The summed E-state index contributed by atoms with van der Waals surface area (Å²) in [6.07, 6.45) is -3.79. The number of halogens is 6. The molecule has 1 saturated heterocycles. The molecule has 208 valence electrons. The van der Waals surface area contributed by atoms with Crippen LogP contribution < -0.4 is 5.32 Å². The summed E-state index contributed by atoms with van der Waals surface area (Å²) in [4.78, 5) is 18.0. The van der Waals surface area contributed by atoms with E-state index in [9.17, 15) is 31.1 Å². The van der Waals surface area contributed by atoms with Gasteiger partial charge in [-0.2, -0.15) is 26.3 Å². The van der Waals surface area contributed by atoms with E-state index in [-0.39, 0.29) is 30.5 Å². The zero-order valence-electron chi connectivity index (χ0n) is 21.1. The Labute approximate surface area is 219 Å². The molecule has 0 spiro atoms. The molecule has 1 N–H and O–H groups in total. The number of nitrogens with zero attached hydrogens (tertiary/aromatic N) is 2. The molecule has 2 aromatic rings. The van der Waals surface area contributed by atoms with Gasteiger partial charge in [-0.15, -0.1) is 0 Å². The fraction of sp³-hybridized carbons (Fsp3) is 0.536. The SMILES string of the molecule is O=C(NCCc1cc(C(F)(F)F)cc(C(F)(F)F)c1)C(c1ccccc1)N1CCN(C2CCCCC2)CC1. The first-order valence-corrected chi connectivity index (χ1v) is 13.1. The van der Waals surface area contributed by atoms with Gasteiger partial charge in [0.1, 0.15) is 6.04 Å². The van der Waals surface area contributed by atoms with E-state index in [4.69, 9.17) is 0 Å². The second-order valence-electron chi connectivity index (χ2n) is 10.1. The fourth-order valence-electron chi connectivity index (χ4n) is 5.56. The molecular formula is C28H33F6N3O. The Balaban J connectivity index is 1.42. The highest BCUT2D eigenvalue weighted by molar-refractivity contribution is 5.83. The van der Waals surface area contributed by atoms with Crippen molar-refractivity contribution in [2.45, 2.75) is 63.0 Å². The van der Waals surface area contributed by atoms with Crippen molar-refractivity contribution in [1.29, 1.82) is 0 Å². The second kappa shape index (κ2) is 12.1. The van der Waals surface area contributed by atoms with E-state index in [0.29, 0.717) is 31.3 Å². The van der Waals surface area contributed by atoms with Crippen LogP contribution in [0.1, 0.15) is 60.4 Å². The first-order chi connectivity index (χ1) is 18.0. The Morgan fingerprint density at radius 2 is 1.42 bits per heavy atom. The lowest BCUT2D eigenvalue weighted by molar-refractivity contribution is -0.143. The van der Waals surface area contributed by atoms with Crippen molar-refractivity contribution in [2.75, 3.05) is 32.7 Å². The highest BCUT2D eigenvalue weighted by Crippen LogP contribution is 2.36. The van der Waals surface area contributed by atoms with Crippen LogP contribution in [-0.4, -0.2) is 54.5 Å². The number of benzene rings is 2. The van der Waals surface area contributed by atoms with Gasteiger partial charge in [0.2, 0.25) is 5.91 Å². The maximum atomic E-state index is 13.3. The summed E-state index contributed by atoms with van der Waals surface area (Å²) < 4.78 is 79.1. The van der Waals surface area contributed by atoms with Crippen molar-refractivity contribution in [3.8, 4) is 0 Å². The molecular weight excluding hydrogens is 508 g/mol. The van der Waals surface area contributed by atoms with Crippen LogP contribution in [0.3, 0.4) is 0 Å². The highest BCUT2D eigenvalue weighted by Gasteiger charge is 2.37. The van der Waals surface area contributed by atoms with Gasteiger partial charge in [-0.3, -0.25) is 14.6 Å². The minimum absolute atomic E-state index is 0.0805. The summed E-state index contributed by atoms with van der Waals surface area (Å²) in [6.45, 7) is 3.03. The molecule has 1 aliphatic carbocycles. The molecule has 10 heteroatoms. The summed E-state index contributed by atoms with van der Waals surface area (Å²) in [7, 11) is 0. The number of carbonyl (C=O) groups excluding carboxylic acids is 1. The molecule has 0 radical (unpaired) electrons. The molecule has 1 unspecified atom stereocenters. The lowest BCUT2D eigenvalue weighted by Gasteiger charge is -2.43. The van der Waals surface area contributed by atoms with Crippen molar-refractivity contribution in [2.24, 2.45) is 0 Å². The molecule has 1 heterocycles. The third-order valence-electron chi connectivity index (χ3n) is 7.53. The van der Waals surface area contributed by atoms with Crippen LogP contribution in [0, 0.1) is 0 Å². The average Bonchev–Trinajstić information content (AvgIpc) is 2.89. The zero-order valence-corrected chi connectivity index (χ0v) is 21.1. The van der Waals surface area contributed by atoms with E-state index in [1.165, 1.54) is 32.1 Å². The van der Waals surface area contributed by atoms with Crippen molar-refractivity contribution in [1.82, 2.24) is 15.1 Å². The van der Waals surface area contributed by atoms with Gasteiger partial charge in [-0.1, -0.05) is 49.6 Å². The van der Waals surface area contributed by atoms with Crippen LogP contribution >= 0.6 is 0 Å². The van der Waals surface area contributed by atoms with E-state index < -0.39 is 29.5 Å². The monoisotopic (exact) mass is 541 g/mol. The quantitative estimate of drug-likeness (QED) is 0.432. The standard InChI is InChI=1S/C28H33F6N3O/c29-27(30,31)22-17-20(18-23(19-22)28(32,33)34)11-12-35-26(38)25(21-7-3-1-4-8-21)37-15-13-36(14-16-37)24-9-5-2-6-10-24/h1,3-4,7-8,17-19,24-25H,2,5-6,9-16H2,(H,35,38). The summed E-state index contributed by atoms with van der Waals surface area (Å²) in [6, 6.07) is 10.8. The Kier molecular flexibility index (Phi) is 9.03. The molecule has 1 saturated carbocycles. The molecule has 38 heavy (non-hydrogen) atoms. The first-order valence-electron chi connectivity index (χ1n) is 13.1. The predicted molar refractivity (Wildman–Crippen MR) is 132 cm³/mol. The van der Waals surface area contributed by atoms with E-state index in [0.717, 1.165) is 18.7 Å². The molecule has 0 bridgehead atoms. The maximum Gasteiger partial charge on any atom is 0.416 e. The van der Waals surface area contributed by atoms with Crippen LogP contribution in [0.2, 0.25) is 0 Å². The number of carbonyl (C=O) groups is 1. The van der Waals surface area contributed by atoms with Gasteiger partial charge in [0, 0.05) is 38.8 Å². The van der Waals surface area contributed by atoms with Crippen molar-refractivity contribution < 1.29 is 31.1 Å². The van der Waals surface area contributed by atoms with Gasteiger partial charge >= 0.3 is 12.4 Å². The van der Waals surface area contributed by atoms with Gasteiger partial charge in [0.05, 0.1) is 11.1 Å². The third-order valence-corrected chi connectivity index (χ3v) is 7.53. The molecule has 4 rings (SSSR count). The zero-order chi connectivity index (χ0) is 27.3. The Morgan fingerprint density at radius 1 is 0.842 bits per heavy atom. The largest absolute Gasteiger partial charge is 0.416 e. The van der Waals surface area contributed by atoms with E-state index >= 15 is 0 Å². The smallest absolute Gasteiger partial charge is 0.354 e. The van der Waals surface area contributed by atoms with Gasteiger partial charge in [-0.25, -0.2) is 0 Å². The molecule has 1 amide bonds. The topological polar surface area (TPSA) is 35.6 Å². The van der Waals surface area contributed by atoms with Gasteiger partial charge < -0.3 is 5.32 Å². The number of hydrogen-bond acceptors (Lipinski definition) is 3. The van der Waals surface area contributed by atoms with Crippen LogP contribution in [0.15, 0.2) is 48.5 Å². The lowest BCUT2D eigenvalue weighted by atomic mass is 9.93. The highest BCUT2D eigenvalue weighted by atomic mass is 19.4. The molecule has 2 aliphatic rings. The number of hydrogen-bond donors (Lipinski definition) is 1. The first kappa shape index (κ1) is 28.4. The Morgan fingerprint density at radius 3 is 1.97 bits per heavy atom. The summed E-state index contributed by atoms with van der Waals surface area (Å²) in [5.41, 5.74) is -2.04. The van der Waals surface area contributed by atoms with E-state index in [1.54, 1.807) is 0 Å². The van der Waals surface area contributed by atoms with Gasteiger partial charge in [0.15, 0.2) is 0 Å². The van der Waals surface area contributed by atoms with Gasteiger partial charge in [0.25, 0.3) is 0 Å².